The van der Waals surface area contributed by atoms with Crippen molar-refractivity contribution < 1.29 is 36.5 Å². The minimum Gasteiger partial charge on any atom is -0.491 e. The third kappa shape index (κ3) is 19.3. The standard InChI is InChI=1S/C22H31NO4S.H2O4S/c28-20-13-23(11-14-24-16-18-26-21-7-3-1-4-8-21)12-15-25-17-19-27-22-9-5-2-6-10-22;1-5(2,3)4/h1-10,28H,11-20H2;(H2,1,2,3,4). The summed E-state index contributed by atoms with van der Waals surface area (Å²) in [4.78, 5) is 2.29. The van der Waals surface area contributed by atoms with E-state index in [2.05, 4.69) is 17.5 Å². The fraction of sp³-hybridized carbons (Fsp3) is 0.455. The van der Waals surface area contributed by atoms with Gasteiger partial charge in [0.1, 0.15) is 24.7 Å². The van der Waals surface area contributed by atoms with Crippen LogP contribution in [0.1, 0.15) is 0 Å². The first-order chi connectivity index (χ1) is 15.9. The van der Waals surface area contributed by atoms with E-state index < -0.39 is 10.4 Å². The highest BCUT2D eigenvalue weighted by Crippen LogP contribution is 2.08. The summed E-state index contributed by atoms with van der Waals surface area (Å²) < 4.78 is 54.2. The van der Waals surface area contributed by atoms with Crippen molar-refractivity contribution in [1.29, 1.82) is 0 Å². The van der Waals surface area contributed by atoms with Gasteiger partial charge in [0.2, 0.25) is 0 Å². The van der Waals surface area contributed by atoms with Crippen LogP contribution in [0.2, 0.25) is 0 Å². The van der Waals surface area contributed by atoms with Crippen LogP contribution in [0.15, 0.2) is 60.7 Å². The number of para-hydroxylation sites is 2. The molecule has 33 heavy (non-hydrogen) atoms. The Morgan fingerprint density at radius 1 is 0.667 bits per heavy atom. The van der Waals surface area contributed by atoms with Gasteiger partial charge in [-0.05, 0) is 24.3 Å². The molecule has 0 aromatic heterocycles. The summed E-state index contributed by atoms with van der Waals surface area (Å²) in [5.74, 6) is 2.56. The van der Waals surface area contributed by atoms with E-state index in [1.807, 2.05) is 60.7 Å². The monoisotopic (exact) mass is 503 g/mol. The average molecular weight is 504 g/mol. The van der Waals surface area contributed by atoms with E-state index in [1.165, 1.54) is 0 Å². The quantitative estimate of drug-likeness (QED) is 0.181. The Labute approximate surface area is 201 Å². The molecule has 0 unspecified atom stereocenters. The maximum Gasteiger partial charge on any atom is 0.394 e. The molecule has 11 heteroatoms. The number of nitrogens with zero attached hydrogens (tertiary/aromatic N) is 1. The molecule has 0 spiro atoms. The first-order valence-corrected chi connectivity index (χ1v) is 12.5. The highest BCUT2D eigenvalue weighted by atomic mass is 32.3. The Balaban J connectivity index is 0.000000981. The highest BCUT2D eigenvalue weighted by molar-refractivity contribution is 7.80. The van der Waals surface area contributed by atoms with Crippen LogP contribution < -0.4 is 9.47 Å². The van der Waals surface area contributed by atoms with Gasteiger partial charge in [0.15, 0.2) is 0 Å². The summed E-state index contributed by atoms with van der Waals surface area (Å²) in [6.07, 6.45) is 0. The zero-order chi connectivity index (χ0) is 24.2. The molecule has 0 saturated heterocycles. The second kappa shape index (κ2) is 18.6. The molecular weight excluding hydrogens is 470 g/mol. The SMILES string of the molecule is O=S(=O)(O)O.SCCN(CCOCCOc1ccccc1)CCOCCOc1ccccc1. The van der Waals surface area contributed by atoms with Crippen LogP contribution in [0, 0.1) is 0 Å². The maximum atomic E-state index is 8.74. The molecule has 2 rings (SSSR count). The molecule has 2 N–H and O–H groups in total. The lowest BCUT2D eigenvalue weighted by atomic mass is 10.3. The summed E-state index contributed by atoms with van der Waals surface area (Å²) in [6, 6.07) is 19.6. The molecule has 0 aliphatic rings. The molecule has 0 saturated carbocycles. The molecule has 0 aliphatic heterocycles. The molecule has 0 amide bonds. The zero-order valence-corrected chi connectivity index (χ0v) is 20.2. The molecule has 0 fully saturated rings. The lowest BCUT2D eigenvalue weighted by molar-refractivity contribution is 0.0576. The maximum absolute atomic E-state index is 8.74. The second-order valence-electron chi connectivity index (χ2n) is 6.56. The van der Waals surface area contributed by atoms with Gasteiger partial charge in [-0.3, -0.25) is 14.0 Å². The van der Waals surface area contributed by atoms with Crippen molar-refractivity contribution in [1.82, 2.24) is 4.90 Å². The van der Waals surface area contributed by atoms with Gasteiger partial charge in [-0.25, -0.2) is 0 Å². The summed E-state index contributed by atoms with van der Waals surface area (Å²) in [7, 11) is -4.67. The second-order valence-corrected chi connectivity index (χ2v) is 7.90. The van der Waals surface area contributed by atoms with Gasteiger partial charge in [0.05, 0.1) is 26.4 Å². The van der Waals surface area contributed by atoms with Crippen molar-refractivity contribution >= 4 is 23.0 Å². The minimum absolute atomic E-state index is 0.557. The summed E-state index contributed by atoms with van der Waals surface area (Å²) in [5.41, 5.74) is 0. The van der Waals surface area contributed by atoms with Crippen LogP contribution in [0.4, 0.5) is 0 Å². The van der Waals surface area contributed by atoms with Gasteiger partial charge in [-0.1, -0.05) is 36.4 Å². The predicted molar refractivity (Wildman–Crippen MR) is 130 cm³/mol. The predicted octanol–water partition coefficient (Wildman–Crippen LogP) is 2.76. The Hall–Kier alpha value is -1.86. The molecule has 9 nitrogen and oxygen atoms in total. The topological polar surface area (TPSA) is 115 Å². The van der Waals surface area contributed by atoms with E-state index in [-0.39, 0.29) is 0 Å². The molecule has 0 radical (unpaired) electrons. The summed E-state index contributed by atoms with van der Waals surface area (Å²) >= 11 is 4.33. The lowest BCUT2D eigenvalue weighted by Gasteiger charge is -2.21. The third-order valence-corrected chi connectivity index (χ3v) is 4.20. The molecule has 0 aliphatic carbocycles. The van der Waals surface area contributed by atoms with Crippen LogP contribution in [-0.2, 0) is 19.9 Å². The fourth-order valence-electron chi connectivity index (χ4n) is 2.54. The smallest absolute Gasteiger partial charge is 0.394 e. The summed E-state index contributed by atoms with van der Waals surface area (Å²) in [6.45, 7) is 6.24. The molecular formula is C22H33NO8S2. The molecule has 2 aromatic rings. The van der Waals surface area contributed by atoms with Crippen molar-refractivity contribution in [3.05, 3.63) is 60.7 Å². The lowest BCUT2D eigenvalue weighted by Crippen LogP contribution is -2.33. The minimum atomic E-state index is -4.67. The number of benzene rings is 2. The summed E-state index contributed by atoms with van der Waals surface area (Å²) in [5, 5.41) is 0. The van der Waals surface area contributed by atoms with E-state index in [0.717, 1.165) is 36.9 Å². The van der Waals surface area contributed by atoms with Crippen LogP contribution in [0.25, 0.3) is 0 Å². The molecule has 0 heterocycles. The van der Waals surface area contributed by atoms with Crippen LogP contribution in [0.5, 0.6) is 11.5 Å². The molecule has 0 atom stereocenters. The Bertz CT molecular complexity index is 750. The first kappa shape index (κ1) is 29.2. The highest BCUT2D eigenvalue weighted by Gasteiger charge is 2.04. The van der Waals surface area contributed by atoms with E-state index in [4.69, 9.17) is 36.5 Å². The van der Waals surface area contributed by atoms with Crippen molar-refractivity contribution in [2.24, 2.45) is 0 Å². The van der Waals surface area contributed by atoms with E-state index in [0.29, 0.717) is 39.6 Å². The molecule has 0 bridgehead atoms. The number of hydrogen-bond acceptors (Lipinski definition) is 8. The van der Waals surface area contributed by atoms with Crippen molar-refractivity contribution in [2.45, 2.75) is 0 Å². The van der Waals surface area contributed by atoms with Crippen LogP contribution in [0.3, 0.4) is 0 Å². The van der Waals surface area contributed by atoms with Crippen molar-refractivity contribution in [3.8, 4) is 11.5 Å². The van der Waals surface area contributed by atoms with Gasteiger partial charge >= 0.3 is 10.4 Å². The van der Waals surface area contributed by atoms with Crippen molar-refractivity contribution in [2.75, 3.05) is 65.0 Å². The van der Waals surface area contributed by atoms with Gasteiger partial charge in [0, 0.05) is 25.4 Å². The Morgan fingerprint density at radius 3 is 1.42 bits per heavy atom. The number of hydrogen-bond donors (Lipinski definition) is 3. The van der Waals surface area contributed by atoms with Gasteiger partial charge in [-0.15, -0.1) is 0 Å². The van der Waals surface area contributed by atoms with Gasteiger partial charge in [-0.2, -0.15) is 21.0 Å². The number of ether oxygens (including phenoxy) is 4. The number of rotatable bonds is 16. The van der Waals surface area contributed by atoms with Gasteiger partial charge < -0.3 is 18.9 Å². The molecule has 186 valence electrons. The van der Waals surface area contributed by atoms with Crippen LogP contribution in [-0.4, -0.2) is 87.5 Å². The molecule has 2 aromatic carbocycles. The Morgan fingerprint density at radius 2 is 1.06 bits per heavy atom. The first-order valence-electron chi connectivity index (χ1n) is 10.4. The Kier molecular flexibility index (Phi) is 16.4. The third-order valence-electron chi connectivity index (χ3n) is 4.00. The van der Waals surface area contributed by atoms with E-state index >= 15 is 0 Å². The number of thiol groups is 1. The van der Waals surface area contributed by atoms with Crippen LogP contribution >= 0.6 is 12.6 Å². The van der Waals surface area contributed by atoms with Gasteiger partial charge in [0.25, 0.3) is 0 Å². The largest absolute Gasteiger partial charge is 0.491 e. The zero-order valence-electron chi connectivity index (χ0n) is 18.5. The average Bonchev–Trinajstić information content (AvgIpc) is 2.78. The van der Waals surface area contributed by atoms with E-state index in [1.54, 1.807) is 0 Å². The fourth-order valence-corrected chi connectivity index (χ4v) is 2.82. The van der Waals surface area contributed by atoms with E-state index in [9.17, 15) is 0 Å². The van der Waals surface area contributed by atoms with Crippen molar-refractivity contribution in [3.63, 3.8) is 0 Å². The normalized spacial score (nSPS) is 11.0.